The van der Waals surface area contributed by atoms with Gasteiger partial charge in [0.25, 0.3) is 0 Å². The van der Waals surface area contributed by atoms with Crippen molar-refractivity contribution in [2.45, 2.75) is 31.8 Å². The van der Waals surface area contributed by atoms with E-state index in [1.165, 1.54) is 0 Å². The standard InChI is InChI=1S/C9H12O3S/c10-7-3-1-2-4-8(6-5-7)12-9(11)13/h2,4,8H,1,3,5-6H2,(H,11,13)/b4-2+. The summed E-state index contributed by atoms with van der Waals surface area (Å²) in [4.78, 5) is 21.6. The molecule has 0 spiro atoms. The van der Waals surface area contributed by atoms with E-state index in [0.29, 0.717) is 19.3 Å². The molecule has 72 valence electrons. The molecule has 0 amide bonds. The predicted octanol–water partition coefficient (Wildman–Crippen LogP) is 2.12. The van der Waals surface area contributed by atoms with Gasteiger partial charge in [-0.25, -0.2) is 4.79 Å². The molecule has 0 saturated carbocycles. The fraction of sp³-hybridized carbons (Fsp3) is 0.556. The van der Waals surface area contributed by atoms with Crippen LogP contribution in [0.3, 0.4) is 0 Å². The summed E-state index contributed by atoms with van der Waals surface area (Å²) >= 11 is 3.51. The van der Waals surface area contributed by atoms with Crippen molar-refractivity contribution in [3.8, 4) is 0 Å². The van der Waals surface area contributed by atoms with Crippen LogP contribution in [0.25, 0.3) is 0 Å². The van der Waals surface area contributed by atoms with E-state index in [-0.39, 0.29) is 11.9 Å². The van der Waals surface area contributed by atoms with Gasteiger partial charge in [0.1, 0.15) is 11.9 Å². The molecule has 1 rings (SSSR count). The lowest BCUT2D eigenvalue weighted by Crippen LogP contribution is -2.15. The molecule has 13 heavy (non-hydrogen) atoms. The maximum Gasteiger partial charge on any atom is 0.364 e. The topological polar surface area (TPSA) is 43.4 Å². The van der Waals surface area contributed by atoms with Crippen LogP contribution >= 0.6 is 12.6 Å². The Morgan fingerprint density at radius 1 is 1.54 bits per heavy atom. The molecule has 3 nitrogen and oxygen atoms in total. The number of hydrogen-bond acceptors (Lipinski definition) is 3. The molecule has 0 fully saturated rings. The third kappa shape index (κ3) is 4.12. The lowest BCUT2D eigenvalue weighted by Gasteiger charge is -2.13. The van der Waals surface area contributed by atoms with Crippen molar-refractivity contribution >= 4 is 23.7 Å². The minimum Gasteiger partial charge on any atom is -0.450 e. The summed E-state index contributed by atoms with van der Waals surface area (Å²) in [7, 11) is 0. The molecule has 0 radical (unpaired) electrons. The van der Waals surface area contributed by atoms with Crippen LogP contribution in [0.5, 0.6) is 0 Å². The van der Waals surface area contributed by atoms with E-state index in [2.05, 4.69) is 12.6 Å². The van der Waals surface area contributed by atoms with Gasteiger partial charge in [-0.2, -0.15) is 0 Å². The number of Topliss-reactive ketones (excluding diaryl/α,β-unsaturated/α-hetero) is 1. The van der Waals surface area contributed by atoms with Gasteiger partial charge in [0.15, 0.2) is 0 Å². The highest BCUT2D eigenvalue weighted by atomic mass is 32.1. The fourth-order valence-corrected chi connectivity index (χ4v) is 1.38. The van der Waals surface area contributed by atoms with Gasteiger partial charge in [-0.15, -0.1) is 0 Å². The van der Waals surface area contributed by atoms with Gasteiger partial charge in [-0.1, -0.05) is 18.7 Å². The quantitative estimate of drug-likeness (QED) is 0.400. The molecule has 0 heterocycles. The first kappa shape index (κ1) is 10.3. The largest absolute Gasteiger partial charge is 0.450 e. The molecule has 0 aromatic carbocycles. The number of allylic oxidation sites excluding steroid dienone is 1. The summed E-state index contributed by atoms with van der Waals surface area (Å²) < 4.78 is 4.86. The zero-order chi connectivity index (χ0) is 9.68. The van der Waals surface area contributed by atoms with E-state index in [1.807, 2.05) is 12.2 Å². The fourth-order valence-electron chi connectivity index (χ4n) is 1.24. The molecule has 0 N–H and O–H groups in total. The number of rotatable bonds is 1. The van der Waals surface area contributed by atoms with Gasteiger partial charge in [-0.05, 0) is 18.9 Å². The molecule has 1 aliphatic rings. The Labute approximate surface area is 82.6 Å². The van der Waals surface area contributed by atoms with E-state index in [4.69, 9.17) is 4.74 Å². The van der Waals surface area contributed by atoms with Gasteiger partial charge in [0.2, 0.25) is 0 Å². The molecule has 0 aromatic heterocycles. The second kappa shape index (κ2) is 5.07. The Bertz CT molecular complexity index is 235. The Hall–Kier alpha value is -0.770. The smallest absolute Gasteiger partial charge is 0.364 e. The summed E-state index contributed by atoms with van der Waals surface area (Å²) in [5, 5.41) is -0.595. The normalized spacial score (nSPS) is 25.9. The molecule has 1 atom stereocenters. The number of hydrogen-bond donors (Lipinski definition) is 1. The second-order valence-corrected chi connectivity index (χ2v) is 3.33. The van der Waals surface area contributed by atoms with Gasteiger partial charge in [0.05, 0.1) is 0 Å². The van der Waals surface area contributed by atoms with Crippen molar-refractivity contribution in [1.82, 2.24) is 0 Å². The van der Waals surface area contributed by atoms with Crippen molar-refractivity contribution in [2.24, 2.45) is 0 Å². The first-order chi connectivity index (χ1) is 6.18. The van der Waals surface area contributed by atoms with Crippen LogP contribution < -0.4 is 0 Å². The first-order valence-electron chi connectivity index (χ1n) is 4.26. The van der Waals surface area contributed by atoms with Crippen molar-refractivity contribution in [3.63, 3.8) is 0 Å². The van der Waals surface area contributed by atoms with Crippen LogP contribution in [0.1, 0.15) is 25.7 Å². The van der Waals surface area contributed by atoms with Crippen molar-refractivity contribution in [1.29, 1.82) is 0 Å². The highest BCUT2D eigenvalue weighted by molar-refractivity contribution is 7.96. The van der Waals surface area contributed by atoms with Gasteiger partial charge in [-0.3, -0.25) is 4.79 Å². The first-order valence-corrected chi connectivity index (χ1v) is 4.71. The molecule has 0 aliphatic heterocycles. The van der Waals surface area contributed by atoms with Gasteiger partial charge >= 0.3 is 5.30 Å². The second-order valence-electron chi connectivity index (χ2n) is 2.97. The van der Waals surface area contributed by atoms with Crippen molar-refractivity contribution in [3.05, 3.63) is 12.2 Å². The maximum absolute atomic E-state index is 11.1. The van der Waals surface area contributed by atoms with E-state index in [1.54, 1.807) is 0 Å². The molecule has 1 unspecified atom stereocenters. The van der Waals surface area contributed by atoms with Crippen LogP contribution in [-0.2, 0) is 9.53 Å². The van der Waals surface area contributed by atoms with E-state index in [0.717, 1.165) is 6.42 Å². The molecule has 0 aromatic rings. The Kier molecular flexibility index (Phi) is 4.02. The lowest BCUT2D eigenvalue weighted by atomic mass is 10.0. The number of carbonyl (C=O) groups excluding carboxylic acids is 2. The predicted molar refractivity (Wildman–Crippen MR) is 51.9 cm³/mol. The van der Waals surface area contributed by atoms with E-state index < -0.39 is 5.30 Å². The highest BCUT2D eigenvalue weighted by Gasteiger charge is 2.13. The zero-order valence-corrected chi connectivity index (χ0v) is 8.13. The lowest BCUT2D eigenvalue weighted by molar-refractivity contribution is -0.119. The summed E-state index contributed by atoms with van der Waals surface area (Å²) in [6.45, 7) is 0. The molecular formula is C9H12O3S. The summed E-state index contributed by atoms with van der Waals surface area (Å²) in [5.41, 5.74) is 0. The monoisotopic (exact) mass is 200 g/mol. The zero-order valence-electron chi connectivity index (χ0n) is 7.23. The van der Waals surface area contributed by atoms with Crippen molar-refractivity contribution in [2.75, 3.05) is 0 Å². The van der Waals surface area contributed by atoms with Gasteiger partial charge in [0, 0.05) is 12.8 Å². The third-order valence-corrected chi connectivity index (χ3v) is 2.01. The SMILES string of the molecule is O=C1CC/C=C/C(OC(=O)S)CC1. The number of thiol groups is 1. The summed E-state index contributed by atoms with van der Waals surface area (Å²) in [6, 6.07) is 0. The van der Waals surface area contributed by atoms with E-state index in [9.17, 15) is 9.59 Å². The summed E-state index contributed by atoms with van der Waals surface area (Å²) in [6.07, 6.45) is 5.79. The van der Waals surface area contributed by atoms with Gasteiger partial charge < -0.3 is 4.74 Å². The van der Waals surface area contributed by atoms with E-state index >= 15 is 0 Å². The Balaban J connectivity index is 2.48. The third-order valence-electron chi connectivity index (χ3n) is 1.90. The minimum absolute atomic E-state index is 0.226. The number of ether oxygens (including phenoxy) is 1. The molecule has 4 heteroatoms. The molecular weight excluding hydrogens is 188 g/mol. The maximum atomic E-state index is 11.1. The van der Waals surface area contributed by atoms with Crippen LogP contribution in [0, 0.1) is 0 Å². The average molecular weight is 200 g/mol. The average Bonchev–Trinajstić information content (AvgIpc) is 2.03. The van der Waals surface area contributed by atoms with Crippen LogP contribution in [-0.4, -0.2) is 17.2 Å². The number of ketones is 1. The van der Waals surface area contributed by atoms with Crippen molar-refractivity contribution < 1.29 is 14.3 Å². The minimum atomic E-state index is -0.595. The summed E-state index contributed by atoms with van der Waals surface area (Å²) in [5.74, 6) is 0.226. The number of carbonyl (C=O) groups is 2. The highest BCUT2D eigenvalue weighted by Crippen LogP contribution is 2.12. The van der Waals surface area contributed by atoms with Crippen LogP contribution in [0.15, 0.2) is 12.2 Å². The molecule has 0 saturated heterocycles. The van der Waals surface area contributed by atoms with Crippen LogP contribution in [0.2, 0.25) is 0 Å². The van der Waals surface area contributed by atoms with Crippen LogP contribution in [0.4, 0.5) is 4.79 Å². The Morgan fingerprint density at radius 2 is 2.31 bits per heavy atom. The molecule has 1 aliphatic carbocycles. The molecule has 0 bridgehead atoms. The Morgan fingerprint density at radius 3 is 3.00 bits per heavy atom.